The summed E-state index contributed by atoms with van der Waals surface area (Å²) in [5, 5.41) is 12.4. The summed E-state index contributed by atoms with van der Waals surface area (Å²) in [5.74, 6) is 2.09. The quantitative estimate of drug-likeness (QED) is 0.928. The van der Waals surface area contributed by atoms with E-state index in [1.807, 2.05) is 12.3 Å². The van der Waals surface area contributed by atoms with E-state index in [4.69, 9.17) is 0 Å². The molecule has 2 aromatic heterocycles. The summed E-state index contributed by atoms with van der Waals surface area (Å²) in [6.45, 7) is 8.51. The van der Waals surface area contributed by atoms with E-state index in [0.29, 0.717) is 0 Å². The van der Waals surface area contributed by atoms with Gasteiger partial charge in [-0.05, 0) is 18.1 Å². The van der Waals surface area contributed by atoms with Crippen LogP contribution in [0.3, 0.4) is 0 Å². The minimum Gasteiger partial charge on any atom is -0.312 e. The zero-order valence-electron chi connectivity index (χ0n) is 12.3. The molecule has 106 valence electrons. The summed E-state index contributed by atoms with van der Waals surface area (Å²) in [4.78, 5) is 4.21. The van der Waals surface area contributed by atoms with E-state index in [2.05, 4.69) is 51.9 Å². The second-order valence-electron chi connectivity index (χ2n) is 5.94. The van der Waals surface area contributed by atoms with Gasteiger partial charge in [0.25, 0.3) is 0 Å². The Morgan fingerprint density at radius 3 is 2.95 bits per heavy atom. The molecule has 1 aliphatic heterocycles. The van der Waals surface area contributed by atoms with Crippen LogP contribution in [0.1, 0.15) is 50.4 Å². The molecule has 2 aromatic rings. The SMILES string of the molecule is CCC(C)(C)c1nnc2n1CCNC2c1cccnc1. The molecule has 0 radical (unpaired) electrons. The van der Waals surface area contributed by atoms with Crippen LogP contribution in [-0.2, 0) is 12.0 Å². The lowest BCUT2D eigenvalue weighted by atomic mass is 9.89. The van der Waals surface area contributed by atoms with Gasteiger partial charge in [-0.15, -0.1) is 10.2 Å². The summed E-state index contributed by atoms with van der Waals surface area (Å²) in [5.41, 5.74) is 1.20. The van der Waals surface area contributed by atoms with Crippen LogP contribution in [0.15, 0.2) is 24.5 Å². The number of hydrogen-bond donors (Lipinski definition) is 1. The van der Waals surface area contributed by atoms with Crippen molar-refractivity contribution in [2.75, 3.05) is 6.54 Å². The van der Waals surface area contributed by atoms with Gasteiger partial charge in [0.05, 0.1) is 6.04 Å². The molecule has 5 nitrogen and oxygen atoms in total. The van der Waals surface area contributed by atoms with E-state index in [0.717, 1.165) is 36.7 Å². The first-order valence-corrected chi connectivity index (χ1v) is 7.20. The molecule has 0 saturated carbocycles. The Bertz CT molecular complexity index is 588. The number of fused-ring (bicyclic) bond motifs is 1. The predicted molar refractivity (Wildman–Crippen MR) is 77.4 cm³/mol. The number of hydrogen-bond acceptors (Lipinski definition) is 4. The molecule has 3 heterocycles. The van der Waals surface area contributed by atoms with Gasteiger partial charge in [-0.3, -0.25) is 4.98 Å². The Hall–Kier alpha value is -1.75. The van der Waals surface area contributed by atoms with Gasteiger partial charge in [-0.2, -0.15) is 0 Å². The van der Waals surface area contributed by atoms with Gasteiger partial charge in [-0.1, -0.05) is 26.8 Å². The fraction of sp³-hybridized carbons (Fsp3) is 0.533. The van der Waals surface area contributed by atoms with Crippen LogP contribution in [0, 0.1) is 0 Å². The molecule has 20 heavy (non-hydrogen) atoms. The van der Waals surface area contributed by atoms with Gasteiger partial charge < -0.3 is 9.88 Å². The Morgan fingerprint density at radius 1 is 1.40 bits per heavy atom. The lowest BCUT2D eigenvalue weighted by molar-refractivity contribution is 0.399. The van der Waals surface area contributed by atoms with E-state index in [-0.39, 0.29) is 11.5 Å². The summed E-state index contributed by atoms with van der Waals surface area (Å²) in [6, 6.07) is 4.13. The fourth-order valence-corrected chi connectivity index (χ4v) is 2.63. The third-order valence-corrected chi connectivity index (χ3v) is 4.23. The summed E-state index contributed by atoms with van der Waals surface area (Å²) >= 11 is 0. The summed E-state index contributed by atoms with van der Waals surface area (Å²) < 4.78 is 2.28. The normalized spacial score (nSPS) is 18.9. The molecular weight excluding hydrogens is 250 g/mol. The van der Waals surface area contributed by atoms with E-state index in [1.165, 1.54) is 0 Å². The van der Waals surface area contributed by atoms with Crippen molar-refractivity contribution in [3.05, 3.63) is 41.7 Å². The van der Waals surface area contributed by atoms with Gasteiger partial charge in [0, 0.05) is 30.9 Å². The molecule has 0 amide bonds. The van der Waals surface area contributed by atoms with Crippen molar-refractivity contribution in [2.45, 2.75) is 45.2 Å². The van der Waals surface area contributed by atoms with Crippen molar-refractivity contribution in [1.29, 1.82) is 0 Å². The highest BCUT2D eigenvalue weighted by Crippen LogP contribution is 2.30. The molecule has 1 atom stereocenters. The largest absolute Gasteiger partial charge is 0.312 e. The molecule has 1 unspecified atom stereocenters. The van der Waals surface area contributed by atoms with E-state index in [9.17, 15) is 0 Å². The van der Waals surface area contributed by atoms with Crippen LogP contribution in [0.25, 0.3) is 0 Å². The van der Waals surface area contributed by atoms with Gasteiger partial charge in [0.2, 0.25) is 0 Å². The first-order chi connectivity index (χ1) is 9.63. The average Bonchev–Trinajstić information content (AvgIpc) is 2.92. The molecule has 0 aliphatic carbocycles. The average molecular weight is 271 g/mol. The van der Waals surface area contributed by atoms with Crippen LogP contribution in [0.5, 0.6) is 0 Å². The second kappa shape index (κ2) is 4.98. The molecule has 1 N–H and O–H groups in total. The van der Waals surface area contributed by atoms with Gasteiger partial charge in [0.15, 0.2) is 5.82 Å². The number of nitrogens with one attached hydrogen (secondary N) is 1. The molecule has 1 aliphatic rings. The standard InChI is InChI=1S/C15H21N5/c1-4-15(2,3)14-19-18-13-12(17-8-9-20(13)14)11-6-5-7-16-10-11/h5-7,10,12,17H,4,8-9H2,1-3H3. The van der Waals surface area contributed by atoms with Crippen LogP contribution >= 0.6 is 0 Å². The van der Waals surface area contributed by atoms with Gasteiger partial charge >= 0.3 is 0 Å². The second-order valence-corrected chi connectivity index (χ2v) is 5.94. The van der Waals surface area contributed by atoms with Crippen molar-refractivity contribution < 1.29 is 0 Å². The number of nitrogens with zero attached hydrogens (tertiary/aromatic N) is 4. The molecule has 0 spiro atoms. The van der Waals surface area contributed by atoms with Crippen molar-refractivity contribution in [2.24, 2.45) is 0 Å². The first-order valence-electron chi connectivity index (χ1n) is 7.20. The van der Waals surface area contributed by atoms with E-state index in [1.54, 1.807) is 6.20 Å². The van der Waals surface area contributed by atoms with Crippen LogP contribution in [0.4, 0.5) is 0 Å². The molecule has 0 saturated heterocycles. The van der Waals surface area contributed by atoms with Crippen molar-refractivity contribution >= 4 is 0 Å². The number of aromatic nitrogens is 4. The van der Waals surface area contributed by atoms with Crippen molar-refractivity contribution in [3.63, 3.8) is 0 Å². The lowest BCUT2D eigenvalue weighted by Gasteiger charge is -2.29. The minimum absolute atomic E-state index is 0.0576. The smallest absolute Gasteiger partial charge is 0.154 e. The third-order valence-electron chi connectivity index (χ3n) is 4.23. The minimum atomic E-state index is 0.0576. The number of pyridine rings is 1. The highest BCUT2D eigenvalue weighted by molar-refractivity contribution is 5.24. The maximum atomic E-state index is 4.47. The Morgan fingerprint density at radius 2 is 2.25 bits per heavy atom. The predicted octanol–water partition coefficient (Wildman–Crippen LogP) is 2.05. The first kappa shape index (κ1) is 13.2. The molecule has 0 bridgehead atoms. The van der Waals surface area contributed by atoms with Gasteiger partial charge in [0.1, 0.15) is 5.82 Å². The fourth-order valence-electron chi connectivity index (χ4n) is 2.63. The Labute approximate surface area is 119 Å². The van der Waals surface area contributed by atoms with Crippen LogP contribution < -0.4 is 5.32 Å². The summed E-state index contributed by atoms with van der Waals surface area (Å²) in [7, 11) is 0. The van der Waals surface area contributed by atoms with Crippen LogP contribution in [0.2, 0.25) is 0 Å². The van der Waals surface area contributed by atoms with Crippen LogP contribution in [-0.4, -0.2) is 26.3 Å². The highest BCUT2D eigenvalue weighted by Gasteiger charge is 2.32. The zero-order valence-corrected chi connectivity index (χ0v) is 12.3. The van der Waals surface area contributed by atoms with Crippen molar-refractivity contribution in [3.8, 4) is 0 Å². The highest BCUT2D eigenvalue weighted by atomic mass is 15.3. The molecule has 0 fully saturated rings. The summed E-state index contributed by atoms with van der Waals surface area (Å²) in [6.07, 6.45) is 4.74. The number of rotatable bonds is 3. The van der Waals surface area contributed by atoms with Gasteiger partial charge in [-0.25, -0.2) is 0 Å². The zero-order chi connectivity index (χ0) is 14.2. The lowest BCUT2D eigenvalue weighted by Crippen LogP contribution is -2.36. The Balaban J connectivity index is 2.03. The molecule has 5 heteroatoms. The Kier molecular flexibility index (Phi) is 3.30. The van der Waals surface area contributed by atoms with E-state index >= 15 is 0 Å². The molecule has 0 aromatic carbocycles. The molecule has 3 rings (SSSR count). The molecular formula is C15H21N5. The maximum Gasteiger partial charge on any atom is 0.154 e. The van der Waals surface area contributed by atoms with Crippen molar-refractivity contribution in [1.82, 2.24) is 25.1 Å². The van der Waals surface area contributed by atoms with E-state index < -0.39 is 0 Å². The topological polar surface area (TPSA) is 55.6 Å². The third kappa shape index (κ3) is 2.12. The monoisotopic (exact) mass is 271 g/mol. The maximum absolute atomic E-state index is 4.47.